The molecule has 1 amide bonds. The summed E-state index contributed by atoms with van der Waals surface area (Å²) >= 11 is 0. The minimum absolute atomic E-state index is 0.204. The van der Waals surface area contributed by atoms with Gasteiger partial charge in [-0.05, 0) is 24.8 Å². The first-order chi connectivity index (χ1) is 7.74. The van der Waals surface area contributed by atoms with Crippen molar-refractivity contribution in [3.63, 3.8) is 0 Å². The first-order valence-corrected chi connectivity index (χ1v) is 5.22. The normalized spacial score (nSPS) is 13.4. The second kappa shape index (κ2) is 6.50. The van der Waals surface area contributed by atoms with Crippen LogP contribution in [0.5, 0.6) is 0 Å². The average Bonchev–Trinajstić information content (AvgIpc) is 2.74. The van der Waals surface area contributed by atoms with Gasteiger partial charge in [0.15, 0.2) is 0 Å². The zero-order valence-electron chi connectivity index (χ0n) is 9.20. The zero-order chi connectivity index (χ0) is 11.8. The summed E-state index contributed by atoms with van der Waals surface area (Å²) in [4.78, 5) is 10.1. The van der Waals surface area contributed by atoms with Crippen molar-refractivity contribution >= 4 is 17.3 Å². The molecule has 1 aromatic carbocycles. The lowest BCUT2D eigenvalue weighted by Gasteiger charge is -2.02. The first kappa shape index (κ1) is 12.1. The Morgan fingerprint density at radius 1 is 1.44 bits per heavy atom. The van der Waals surface area contributed by atoms with Crippen molar-refractivity contribution in [1.29, 1.82) is 0 Å². The van der Waals surface area contributed by atoms with Crippen molar-refractivity contribution in [1.82, 2.24) is 5.32 Å². The van der Waals surface area contributed by atoms with E-state index in [9.17, 15) is 4.79 Å². The summed E-state index contributed by atoms with van der Waals surface area (Å²) in [5, 5.41) is 5.60. The number of nitrogens with two attached hydrogens (primary N) is 1. The van der Waals surface area contributed by atoms with Crippen LogP contribution in [-0.4, -0.2) is 12.5 Å². The monoisotopic (exact) mass is 219 g/mol. The molecule has 0 unspecified atom stereocenters. The summed E-state index contributed by atoms with van der Waals surface area (Å²) < 4.78 is 0. The molecule has 2 rings (SSSR count). The smallest absolute Gasteiger partial charge is 0.220 e. The number of amides is 1. The fraction of sp³-hybridized carbons (Fsp3) is 0.250. The SMILES string of the molecule is C=CNc1ccccc1N.O=C1CCCN1. The Balaban J connectivity index is 0.000000181. The van der Waals surface area contributed by atoms with Crippen molar-refractivity contribution in [3.05, 3.63) is 37.0 Å². The molecule has 1 heterocycles. The molecule has 16 heavy (non-hydrogen) atoms. The molecule has 0 radical (unpaired) electrons. The number of rotatable bonds is 2. The molecule has 1 saturated heterocycles. The fourth-order valence-electron chi connectivity index (χ4n) is 1.30. The molecule has 0 atom stereocenters. The average molecular weight is 219 g/mol. The zero-order valence-corrected chi connectivity index (χ0v) is 9.20. The Kier molecular flexibility index (Phi) is 4.92. The van der Waals surface area contributed by atoms with Gasteiger partial charge in [-0.1, -0.05) is 18.7 Å². The number of hydrogen-bond acceptors (Lipinski definition) is 3. The largest absolute Gasteiger partial charge is 0.397 e. The standard InChI is InChI=1S/C8H10N2.C4H7NO/c1-2-10-8-6-4-3-5-7(8)9;6-4-2-1-3-5-4/h2-6,10H,1,9H2;1-3H2,(H,5,6). The van der Waals surface area contributed by atoms with Crippen LogP contribution >= 0.6 is 0 Å². The predicted octanol–water partition coefficient (Wildman–Crippen LogP) is 1.72. The summed E-state index contributed by atoms with van der Waals surface area (Å²) in [6.07, 6.45) is 3.37. The van der Waals surface area contributed by atoms with Crippen LogP contribution in [0.3, 0.4) is 0 Å². The Bertz CT molecular complexity index is 355. The van der Waals surface area contributed by atoms with Gasteiger partial charge in [0.1, 0.15) is 0 Å². The van der Waals surface area contributed by atoms with E-state index in [1.165, 1.54) is 0 Å². The third kappa shape index (κ3) is 4.04. The second-order valence-corrected chi connectivity index (χ2v) is 3.39. The fourth-order valence-corrected chi connectivity index (χ4v) is 1.30. The van der Waals surface area contributed by atoms with Crippen molar-refractivity contribution in [3.8, 4) is 0 Å². The predicted molar refractivity (Wildman–Crippen MR) is 66.9 cm³/mol. The minimum atomic E-state index is 0.204. The van der Waals surface area contributed by atoms with Gasteiger partial charge in [0.25, 0.3) is 0 Å². The first-order valence-electron chi connectivity index (χ1n) is 5.22. The van der Waals surface area contributed by atoms with Crippen LogP contribution in [0.2, 0.25) is 0 Å². The highest BCUT2D eigenvalue weighted by molar-refractivity contribution is 5.77. The van der Waals surface area contributed by atoms with E-state index in [1.807, 2.05) is 24.3 Å². The Hall–Kier alpha value is -1.97. The topological polar surface area (TPSA) is 67.1 Å². The molecule has 4 N–H and O–H groups in total. The summed E-state index contributed by atoms with van der Waals surface area (Å²) in [5.41, 5.74) is 7.24. The van der Waals surface area contributed by atoms with E-state index < -0.39 is 0 Å². The maximum Gasteiger partial charge on any atom is 0.220 e. The molecule has 4 nitrogen and oxygen atoms in total. The molecule has 1 fully saturated rings. The van der Waals surface area contributed by atoms with Gasteiger partial charge in [0, 0.05) is 13.0 Å². The highest BCUT2D eigenvalue weighted by Crippen LogP contribution is 2.15. The summed E-state index contributed by atoms with van der Waals surface area (Å²) in [7, 11) is 0. The number of para-hydroxylation sites is 2. The van der Waals surface area contributed by atoms with E-state index in [4.69, 9.17) is 5.73 Å². The van der Waals surface area contributed by atoms with E-state index in [2.05, 4.69) is 17.2 Å². The van der Waals surface area contributed by atoms with Gasteiger partial charge >= 0.3 is 0 Å². The molecule has 86 valence electrons. The van der Waals surface area contributed by atoms with Crippen molar-refractivity contribution < 1.29 is 4.79 Å². The number of nitrogens with one attached hydrogen (secondary N) is 2. The van der Waals surface area contributed by atoms with E-state index in [0.717, 1.165) is 30.8 Å². The lowest BCUT2D eigenvalue weighted by atomic mass is 10.3. The number of anilines is 2. The molecule has 0 spiro atoms. The molecular weight excluding hydrogens is 202 g/mol. The maximum atomic E-state index is 10.1. The molecule has 1 aliphatic heterocycles. The van der Waals surface area contributed by atoms with E-state index in [0.29, 0.717) is 0 Å². The number of nitrogen functional groups attached to an aromatic ring is 1. The molecule has 0 bridgehead atoms. The molecular formula is C12H17N3O. The third-order valence-corrected chi connectivity index (χ3v) is 2.12. The second-order valence-electron chi connectivity index (χ2n) is 3.39. The number of benzene rings is 1. The van der Waals surface area contributed by atoms with Crippen molar-refractivity contribution in [2.45, 2.75) is 12.8 Å². The van der Waals surface area contributed by atoms with Crippen LogP contribution in [0.25, 0.3) is 0 Å². The summed E-state index contributed by atoms with van der Waals surface area (Å²) in [5.74, 6) is 0.204. The van der Waals surface area contributed by atoms with Crippen LogP contribution in [0.4, 0.5) is 11.4 Å². The summed E-state index contributed by atoms with van der Waals surface area (Å²) in [6, 6.07) is 7.55. The van der Waals surface area contributed by atoms with Crippen LogP contribution in [0, 0.1) is 0 Å². The van der Waals surface area contributed by atoms with Gasteiger partial charge in [-0.15, -0.1) is 0 Å². The van der Waals surface area contributed by atoms with Gasteiger partial charge in [0.05, 0.1) is 11.4 Å². The molecule has 0 aliphatic carbocycles. The van der Waals surface area contributed by atoms with E-state index >= 15 is 0 Å². The van der Waals surface area contributed by atoms with Gasteiger partial charge < -0.3 is 16.4 Å². The number of hydrogen-bond donors (Lipinski definition) is 3. The molecule has 1 aromatic rings. The third-order valence-electron chi connectivity index (χ3n) is 2.12. The minimum Gasteiger partial charge on any atom is -0.397 e. The molecule has 1 aliphatic rings. The lowest BCUT2D eigenvalue weighted by Crippen LogP contribution is -2.12. The van der Waals surface area contributed by atoms with Crippen molar-refractivity contribution in [2.24, 2.45) is 0 Å². The van der Waals surface area contributed by atoms with Gasteiger partial charge in [-0.3, -0.25) is 4.79 Å². The lowest BCUT2D eigenvalue weighted by molar-refractivity contribution is -0.119. The van der Waals surface area contributed by atoms with Gasteiger partial charge in [0.2, 0.25) is 5.91 Å². The van der Waals surface area contributed by atoms with Crippen LogP contribution in [0.15, 0.2) is 37.0 Å². The van der Waals surface area contributed by atoms with Gasteiger partial charge in [-0.25, -0.2) is 0 Å². The van der Waals surface area contributed by atoms with Crippen LogP contribution in [-0.2, 0) is 4.79 Å². The van der Waals surface area contributed by atoms with Crippen LogP contribution < -0.4 is 16.4 Å². The molecule has 0 aromatic heterocycles. The van der Waals surface area contributed by atoms with E-state index in [1.54, 1.807) is 6.20 Å². The Morgan fingerprint density at radius 3 is 2.62 bits per heavy atom. The maximum absolute atomic E-state index is 10.1. The highest BCUT2D eigenvalue weighted by atomic mass is 16.1. The van der Waals surface area contributed by atoms with Gasteiger partial charge in [-0.2, -0.15) is 0 Å². The number of carbonyl (C=O) groups is 1. The number of carbonyl (C=O) groups excluding carboxylic acids is 1. The van der Waals surface area contributed by atoms with Crippen molar-refractivity contribution in [2.75, 3.05) is 17.6 Å². The van der Waals surface area contributed by atoms with Crippen LogP contribution in [0.1, 0.15) is 12.8 Å². The molecule has 4 heteroatoms. The highest BCUT2D eigenvalue weighted by Gasteiger charge is 2.05. The Labute approximate surface area is 95.5 Å². The quantitative estimate of drug-likeness (QED) is 0.663. The molecule has 0 saturated carbocycles. The Morgan fingerprint density at radius 2 is 2.19 bits per heavy atom. The van der Waals surface area contributed by atoms with E-state index in [-0.39, 0.29) is 5.91 Å². The summed E-state index contributed by atoms with van der Waals surface area (Å²) in [6.45, 7) is 4.42.